The Kier molecular flexibility index (Phi) is 4.25. The second-order valence-corrected chi connectivity index (χ2v) is 6.05. The number of aryl methyl sites for hydroxylation is 1. The molecule has 0 atom stereocenters. The Labute approximate surface area is 141 Å². The van der Waals surface area contributed by atoms with Gasteiger partial charge in [0.2, 0.25) is 0 Å². The number of hydrogen-bond acceptors (Lipinski definition) is 4. The van der Waals surface area contributed by atoms with E-state index in [1.54, 1.807) is 12.1 Å². The lowest BCUT2D eigenvalue weighted by molar-refractivity contribution is -0.500. The fourth-order valence-electron chi connectivity index (χ4n) is 2.77. The number of hydrogen-bond donors (Lipinski definition) is 1. The van der Waals surface area contributed by atoms with Crippen LogP contribution >= 0.6 is 0 Å². The zero-order valence-electron chi connectivity index (χ0n) is 14.2. The van der Waals surface area contributed by atoms with Gasteiger partial charge in [-0.2, -0.15) is 0 Å². The van der Waals surface area contributed by atoms with Gasteiger partial charge in [-0.1, -0.05) is 24.0 Å². The first-order chi connectivity index (χ1) is 11.5. The van der Waals surface area contributed by atoms with Crippen LogP contribution in [0.3, 0.4) is 0 Å². The first-order valence-corrected chi connectivity index (χ1v) is 8.13. The van der Waals surface area contributed by atoms with Gasteiger partial charge >= 0.3 is 5.82 Å². The Balaban J connectivity index is 2.25. The van der Waals surface area contributed by atoms with E-state index in [1.807, 2.05) is 51.1 Å². The van der Waals surface area contributed by atoms with E-state index in [-0.39, 0.29) is 6.04 Å². The van der Waals surface area contributed by atoms with Gasteiger partial charge in [-0.05, 0) is 54.3 Å². The smallest absolute Gasteiger partial charge is 0.361 e. The Bertz CT molecular complexity index is 918. The maximum absolute atomic E-state index is 12.2. The van der Waals surface area contributed by atoms with E-state index in [4.69, 9.17) is 5.73 Å². The van der Waals surface area contributed by atoms with Crippen molar-refractivity contribution in [1.29, 1.82) is 0 Å². The average molecular weight is 321 g/mol. The topological polar surface area (TPSA) is 71.9 Å². The lowest BCUT2D eigenvalue weighted by Crippen LogP contribution is -2.12. The summed E-state index contributed by atoms with van der Waals surface area (Å²) in [5, 5.41) is 0.993. The zero-order chi connectivity index (χ0) is 17.3. The minimum atomic E-state index is -0.161. The van der Waals surface area contributed by atoms with Gasteiger partial charge in [0.25, 0.3) is 0 Å². The molecule has 5 nitrogen and oxygen atoms in total. The molecule has 0 radical (unpaired) electrons. The maximum atomic E-state index is 12.2. The summed E-state index contributed by atoms with van der Waals surface area (Å²) in [6, 6.07) is 13.3. The van der Waals surface area contributed by atoms with Crippen LogP contribution in [0.2, 0.25) is 0 Å². The minimum absolute atomic E-state index is 0.161. The number of rotatable bonds is 4. The number of nitrogens with two attached hydrogens (primary N) is 1. The highest BCUT2D eigenvalue weighted by atomic mass is 16.3. The van der Waals surface area contributed by atoms with Gasteiger partial charge in [-0.3, -0.25) is 0 Å². The van der Waals surface area contributed by atoms with Crippen molar-refractivity contribution in [3.63, 3.8) is 0 Å². The van der Waals surface area contributed by atoms with Gasteiger partial charge in [0.15, 0.2) is 5.52 Å². The molecular weight excluding hydrogens is 300 g/mol. The molecule has 0 unspecified atom stereocenters. The maximum Gasteiger partial charge on any atom is 0.361 e. The Morgan fingerprint density at radius 2 is 1.83 bits per heavy atom. The van der Waals surface area contributed by atoms with Crippen LogP contribution in [0.5, 0.6) is 0 Å². The number of pyridine rings is 2. The van der Waals surface area contributed by atoms with Gasteiger partial charge in [0.1, 0.15) is 11.9 Å². The number of nitroso groups, excluding NO2 is 1. The van der Waals surface area contributed by atoms with Crippen molar-refractivity contribution in [3.8, 4) is 11.1 Å². The molecule has 0 saturated carbocycles. The molecule has 0 fully saturated rings. The van der Waals surface area contributed by atoms with Crippen LogP contribution in [0.15, 0.2) is 42.5 Å². The lowest BCUT2D eigenvalue weighted by atomic mass is 9.99. The molecule has 2 aromatic heterocycles. The SMILES string of the molecule is CCc1nc(N)ccc1-c1cccc2ccc([N+](=O)C(C)C)nc12. The van der Waals surface area contributed by atoms with Gasteiger partial charge in [-0.15, -0.1) is 0 Å². The molecule has 2 N–H and O–H groups in total. The van der Waals surface area contributed by atoms with E-state index in [0.29, 0.717) is 11.6 Å². The summed E-state index contributed by atoms with van der Waals surface area (Å²) < 4.78 is 0.929. The summed E-state index contributed by atoms with van der Waals surface area (Å²) in [5.74, 6) is 0.932. The number of anilines is 1. The lowest BCUT2D eigenvalue weighted by Gasteiger charge is -2.09. The van der Waals surface area contributed by atoms with Gasteiger partial charge in [0.05, 0.1) is 5.69 Å². The fraction of sp³-hybridized carbons (Fsp3) is 0.263. The summed E-state index contributed by atoms with van der Waals surface area (Å²) in [5.41, 5.74) is 9.52. The normalized spacial score (nSPS) is 11.2. The summed E-state index contributed by atoms with van der Waals surface area (Å²) in [4.78, 5) is 21.3. The van der Waals surface area contributed by atoms with Crippen LogP contribution in [-0.4, -0.2) is 20.8 Å². The van der Waals surface area contributed by atoms with Crippen LogP contribution in [0.25, 0.3) is 22.0 Å². The third kappa shape index (κ3) is 2.85. The number of aromatic nitrogens is 2. The van der Waals surface area contributed by atoms with E-state index in [2.05, 4.69) is 9.97 Å². The number of para-hydroxylation sites is 1. The summed E-state index contributed by atoms with van der Waals surface area (Å²) in [7, 11) is 0. The van der Waals surface area contributed by atoms with Crippen LogP contribution < -0.4 is 5.73 Å². The van der Waals surface area contributed by atoms with E-state index < -0.39 is 0 Å². The molecule has 2 heterocycles. The van der Waals surface area contributed by atoms with Gasteiger partial charge in [0, 0.05) is 22.6 Å². The molecule has 0 aliphatic rings. The van der Waals surface area contributed by atoms with E-state index >= 15 is 0 Å². The molecular formula is C19H21N4O+. The number of nitrogens with zero attached hydrogens (tertiary/aromatic N) is 3. The van der Waals surface area contributed by atoms with Crippen molar-refractivity contribution in [2.75, 3.05) is 5.73 Å². The molecule has 3 aromatic rings. The molecule has 1 aromatic carbocycles. The quantitative estimate of drug-likeness (QED) is 0.729. The van der Waals surface area contributed by atoms with Crippen molar-refractivity contribution in [3.05, 3.63) is 53.1 Å². The number of fused-ring (bicyclic) bond motifs is 1. The Morgan fingerprint density at radius 1 is 1.04 bits per heavy atom. The average Bonchev–Trinajstić information content (AvgIpc) is 2.60. The third-order valence-electron chi connectivity index (χ3n) is 4.02. The molecule has 0 saturated heterocycles. The molecule has 0 spiro atoms. The zero-order valence-corrected chi connectivity index (χ0v) is 14.2. The fourth-order valence-corrected chi connectivity index (χ4v) is 2.77. The van der Waals surface area contributed by atoms with Crippen molar-refractivity contribution in [2.45, 2.75) is 33.2 Å². The highest BCUT2D eigenvalue weighted by Gasteiger charge is 2.21. The third-order valence-corrected chi connectivity index (χ3v) is 4.02. The molecule has 0 aliphatic carbocycles. The van der Waals surface area contributed by atoms with Crippen LogP contribution in [0.4, 0.5) is 11.6 Å². The van der Waals surface area contributed by atoms with E-state index in [1.165, 1.54) is 0 Å². The number of benzene rings is 1. The molecule has 24 heavy (non-hydrogen) atoms. The van der Waals surface area contributed by atoms with Gasteiger partial charge < -0.3 is 5.73 Å². The van der Waals surface area contributed by atoms with Crippen LogP contribution in [0, 0.1) is 4.91 Å². The first kappa shape index (κ1) is 16.1. The number of nitrogen functional groups attached to an aromatic ring is 1. The van der Waals surface area contributed by atoms with Crippen molar-refractivity contribution in [1.82, 2.24) is 9.97 Å². The molecule has 5 heteroatoms. The van der Waals surface area contributed by atoms with Crippen LogP contribution in [-0.2, 0) is 6.42 Å². The van der Waals surface area contributed by atoms with E-state index in [0.717, 1.165) is 38.9 Å². The van der Waals surface area contributed by atoms with Crippen molar-refractivity contribution < 1.29 is 4.76 Å². The summed E-state index contributed by atoms with van der Waals surface area (Å²) in [6.07, 6.45) is 0.774. The van der Waals surface area contributed by atoms with Crippen molar-refractivity contribution >= 4 is 22.5 Å². The van der Waals surface area contributed by atoms with Crippen LogP contribution in [0.1, 0.15) is 26.5 Å². The predicted octanol–water partition coefficient (Wildman–Crippen LogP) is 4.26. The van der Waals surface area contributed by atoms with E-state index in [9.17, 15) is 4.91 Å². The first-order valence-electron chi connectivity index (χ1n) is 8.13. The minimum Gasteiger partial charge on any atom is -0.384 e. The largest absolute Gasteiger partial charge is 0.384 e. The summed E-state index contributed by atoms with van der Waals surface area (Å²) >= 11 is 0. The molecule has 122 valence electrons. The standard InChI is InChI=1S/C19H21N4O/c1-4-16-14(9-10-17(20)21-16)15-7-5-6-13-8-11-18(22-19(13)15)23(24)12(2)3/h5-12H,4H2,1-3H3,(H2,20,21)/q+1. The second kappa shape index (κ2) is 6.35. The predicted molar refractivity (Wildman–Crippen MR) is 97.2 cm³/mol. The van der Waals surface area contributed by atoms with Crippen molar-refractivity contribution in [2.24, 2.45) is 0 Å². The second-order valence-electron chi connectivity index (χ2n) is 6.05. The Morgan fingerprint density at radius 3 is 2.54 bits per heavy atom. The Hall–Kier alpha value is -2.82. The van der Waals surface area contributed by atoms with Gasteiger partial charge in [-0.25, -0.2) is 4.98 Å². The molecule has 0 bridgehead atoms. The molecule has 0 amide bonds. The molecule has 0 aliphatic heterocycles. The highest BCUT2D eigenvalue weighted by molar-refractivity contribution is 5.94. The molecule has 3 rings (SSSR count). The highest BCUT2D eigenvalue weighted by Crippen LogP contribution is 2.31. The monoisotopic (exact) mass is 321 g/mol. The summed E-state index contributed by atoms with van der Waals surface area (Å²) in [6.45, 7) is 5.75.